The van der Waals surface area contributed by atoms with E-state index in [0.29, 0.717) is 5.92 Å². The van der Waals surface area contributed by atoms with Gasteiger partial charge < -0.3 is 4.74 Å². The van der Waals surface area contributed by atoms with Crippen LogP contribution in [0.2, 0.25) is 0 Å². The van der Waals surface area contributed by atoms with E-state index in [-0.39, 0.29) is 11.8 Å². The van der Waals surface area contributed by atoms with E-state index in [9.17, 15) is 0 Å². The zero-order chi connectivity index (χ0) is 82.3. The first kappa shape index (κ1) is 83.5. The first-order valence-electron chi connectivity index (χ1n) is 42.0. The molecule has 0 bridgehead atoms. The van der Waals surface area contributed by atoms with Gasteiger partial charge in [-0.2, -0.15) is 0 Å². The molecule has 17 rings (SSSR count). The summed E-state index contributed by atoms with van der Waals surface area (Å²) in [5.74, 6) is 2.63. The van der Waals surface area contributed by atoms with Crippen LogP contribution in [0.15, 0.2) is 443 Å². The Labute approximate surface area is 709 Å². The number of rotatable bonds is 21. The maximum Gasteiger partial charge on any atom is 0.127 e. The van der Waals surface area contributed by atoms with Gasteiger partial charge in [-0.3, -0.25) is 0 Å². The van der Waals surface area contributed by atoms with Crippen LogP contribution >= 0.6 is 0 Å². The summed E-state index contributed by atoms with van der Waals surface area (Å²) in [6.07, 6.45) is 4.77. The summed E-state index contributed by atoms with van der Waals surface area (Å²) in [7, 11) is 0. The fourth-order valence-corrected chi connectivity index (χ4v) is 16.4. The van der Waals surface area contributed by atoms with E-state index < -0.39 is 0 Å². The number of hydrogen-bond acceptors (Lipinski definition) is 1. The Morgan fingerprint density at radius 2 is 0.378 bits per heavy atom. The highest BCUT2D eigenvalue weighted by Crippen LogP contribution is 2.38. The normalized spacial score (nSPS) is 10.7. The molecule has 0 amide bonds. The van der Waals surface area contributed by atoms with Crippen LogP contribution in [0.3, 0.4) is 0 Å². The van der Waals surface area contributed by atoms with Crippen molar-refractivity contribution in [1.82, 2.24) is 0 Å². The van der Waals surface area contributed by atoms with E-state index in [2.05, 4.69) is 474 Å². The maximum absolute atomic E-state index is 6.14. The first-order valence-corrected chi connectivity index (χ1v) is 42.0. The fraction of sp³-hybridized carbons (Fsp3) is 0.136. The SMILES string of the molecule is Cc1cc(C)cc(C(c2ccccc2)c2cc(C)cc(C)c2)c1.Cc1ccc(C(c2ccccc2)c2ccc(C)cc2C)c(C)c1.c1ccc(C(c2ccccc2)c2ccccc2)cc1.c1ccc(Cc2cccc(Cc3cccc(Cc4ccccc4)c3)c2)cc1.c1ccc(Cc2cccc(Oc3cccc(Cc4ccccc4)c3)c2)cc1. The third-order valence-corrected chi connectivity index (χ3v) is 21.7. The Morgan fingerprint density at radius 1 is 0.160 bits per heavy atom. The molecule has 17 aromatic rings. The van der Waals surface area contributed by atoms with Crippen molar-refractivity contribution in [3.05, 3.63) is 593 Å². The minimum Gasteiger partial charge on any atom is -0.457 e. The summed E-state index contributed by atoms with van der Waals surface area (Å²) in [6.45, 7) is 17.5. The molecule has 1 heteroatoms. The molecule has 0 aliphatic heterocycles. The van der Waals surface area contributed by atoms with Crippen molar-refractivity contribution >= 4 is 0 Å². The predicted molar refractivity (Wildman–Crippen MR) is 504 cm³/mol. The topological polar surface area (TPSA) is 9.23 Å². The van der Waals surface area contributed by atoms with E-state index in [4.69, 9.17) is 4.74 Å². The summed E-state index contributed by atoms with van der Waals surface area (Å²) in [6, 6.07) is 158. The van der Waals surface area contributed by atoms with Crippen LogP contribution in [0.25, 0.3) is 0 Å². The minimum atomic E-state index is 0.286. The molecule has 0 radical (unpaired) electrons. The van der Waals surface area contributed by atoms with Crippen LogP contribution in [-0.4, -0.2) is 0 Å². The molecule has 0 heterocycles. The van der Waals surface area contributed by atoms with Crippen LogP contribution in [0.1, 0.15) is 168 Å². The molecule has 0 saturated heterocycles. The van der Waals surface area contributed by atoms with Gasteiger partial charge in [0.15, 0.2) is 0 Å². The van der Waals surface area contributed by atoms with Crippen molar-refractivity contribution in [3.8, 4) is 11.5 Å². The molecule has 0 atom stereocenters. The largest absolute Gasteiger partial charge is 0.457 e. The maximum atomic E-state index is 6.14. The zero-order valence-corrected chi connectivity index (χ0v) is 70.3. The lowest BCUT2D eigenvalue weighted by Gasteiger charge is -2.23. The first-order chi connectivity index (χ1) is 58.2. The van der Waals surface area contributed by atoms with Gasteiger partial charge in [-0.1, -0.05) is 452 Å². The second-order valence-electron chi connectivity index (χ2n) is 31.8. The van der Waals surface area contributed by atoms with Gasteiger partial charge in [0.1, 0.15) is 11.5 Å². The van der Waals surface area contributed by atoms with Crippen molar-refractivity contribution < 1.29 is 4.74 Å². The van der Waals surface area contributed by atoms with E-state index in [1.807, 2.05) is 24.3 Å². The minimum absolute atomic E-state index is 0.286. The van der Waals surface area contributed by atoms with E-state index in [0.717, 1.165) is 43.6 Å². The van der Waals surface area contributed by atoms with Crippen molar-refractivity contribution in [2.75, 3.05) is 0 Å². The van der Waals surface area contributed by atoms with E-state index >= 15 is 0 Å². The molecule has 0 fully saturated rings. The van der Waals surface area contributed by atoms with Crippen molar-refractivity contribution in [3.63, 3.8) is 0 Å². The van der Waals surface area contributed by atoms with Crippen molar-refractivity contribution in [1.29, 1.82) is 0 Å². The monoisotopic (exact) mass is 1540 g/mol. The third-order valence-electron chi connectivity index (χ3n) is 21.7. The lowest BCUT2D eigenvalue weighted by atomic mass is 9.81. The predicted octanol–water partition coefficient (Wildman–Crippen LogP) is 30.2. The molecule has 17 aromatic carbocycles. The standard InChI is InChI=1S/C27H24.C26H22O.2C23H24.C19H16/c1-3-9-22(10-4-1)17-24-13-7-15-26(19-24)21-27-16-8-14-25(20-27)18-23-11-5-2-6-12-23;1-3-9-21(10-4-1)17-23-13-7-15-25(19-23)27-26-16-8-14-24(20-26)18-22-11-5-2-6-12-22;1-16-10-17(2)13-21(12-16)23(20-8-6-5-7-9-20)22-14-18(3)11-19(4)15-22;1-16-10-12-21(18(3)14-16)23(20-8-6-5-7-9-20)22-13-11-17(2)15-19(22)4;1-4-10-16(11-5-1)19(17-12-6-2-7-13-17)18-14-8-3-9-15-18/h1-16,19-20H,17-18,21H2;1-16,19-20H,17-18H2;2*5-15,23H,1-4H3;1-15,19H. The lowest BCUT2D eigenvalue weighted by molar-refractivity contribution is 0.481. The van der Waals surface area contributed by atoms with Gasteiger partial charge in [-0.25, -0.2) is 0 Å². The van der Waals surface area contributed by atoms with Gasteiger partial charge in [0.05, 0.1) is 0 Å². The number of benzene rings is 17. The van der Waals surface area contributed by atoms with Crippen LogP contribution < -0.4 is 4.74 Å². The van der Waals surface area contributed by atoms with Gasteiger partial charge in [0, 0.05) is 17.8 Å². The van der Waals surface area contributed by atoms with Crippen LogP contribution in [-0.2, 0) is 32.1 Å². The summed E-state index contributed by atoms with van der Waals surface area (Å²) < 4.78 is 6.14. The molecule has 0 aliphatic carbocycles. The second-order valence-corrected chi connectivity index (χ2v) is 31.8. The molecule has 0 aromatic heterocycles. The summed E-state index contributed by atoms with van der Waals surface area (Å²) in [5.41, 5.74) is 36.2. The molecule has 0 unspecified atom stereocenters. The van der Waals surface area contributed by atoms with Gasteiger partial charge >= 0.3 is 0 Å². The highest BCUT2D eigenvalue weighted by molar-refractivity contribution is 5.52. The molecule has 588 valence electrons. The highest BCUT2D eigenvalue weighted by Gasteiger charge is 2.22. The smallest absolute Gasteiger partial charge is 0.127 e. The second kappa shape index (κ2) is 42.9. The Balaban J connectivity index is 0.000000129. The Morgan fingerprint density at radius 3 is 0.647 bits per heavy atom. The van der Waals surface area contributed by atoms with E-state index in [1.165, 1.54) is 150 Å². The quantitative estimate of drug-likeness (QED) is 0.0652. The molecule has 0 aliphatic rings. The molecule has 0 saturated carbocycles. The molecular formula is C118H110O. The summed E-state index contributed by atoms with van der Waals surface area (Å²) >= 11 is 0. The zero-order valence-electron chi connectivity index (χ0n) is 70.3. The molecule has 1 nitrogen and oxygen atoms in total. The lowest BCUT2D eigenvalue weighted by Crippen LogP contribution is -2.07. The summed E-state index contributed by atoms with van der Waals surface area (Å²) in [4.78, 5) is 0. The van der Waals surface area contributed by atoms with Crippen LogP contribution in [0.4, 0.5) is 0 Å². The molecule has 0 N–H and O–H groups in total. The fourth-order valence-electron chi connectivity index (χ4n) is 16.4. The number of hydrogen-bond donors (Lipinski definition) is 0. The van der Waals surface area contributed by atoms with Crippen LogP contribution in [0, 0.1) is 55.4 Å². The number of ether oxygens (including phenoxy) is 1. The average molecular weight is 1540 g/mol. The van der Waals surface area contributed by atoms with Gasteiger partial charge in [0.25, 0.3) is 0 Å². The van der Waals surface area contributed by atoms with Gasteiger partial charge in [0.2, 0.25) is 0 Å². The average Bonchev–Trinajstić information content (AvgIpc) is 0.796. The third kappa shape index (κ3) is 25.3. The Hall–Kier alpha value is -13.5. The molecule has 119 heavy (non-hydrogen) atoms. The van der Waals surface area contributed by atoms with E-state index in [1.54, 1.807) is 0 Å². The van der Waals surface area contributed by atoms with Gasteiger partial charge in [-0.15, -0.1) is 0 Å². The van der Waals surface area contributed by atoms with Gasteiger partial charge in [-0.05, 0) is 229 Å². The van der Waals surface area contributed by atoms with Crippen LogP contribution in [0.5, 0.6) is 11.5 Å². The highest BCUT2D eigenvalue weighted by atomic mass is 16.5. The summed E-state index contributed by atoms with van der Waals surface area (Å²) in [5, 5.41) is 0. The Bertz CT molecular complexity index is 5350. The molecular weight excluding hydrogens is 1430 g/mol. The number of aryl methyl sites for hydroxylation is 8. The molecule has 0 spiro atoms. The van der Waals surface area contributed by atoms with Crippen molar-refractivity contribution in [2.45, 2.75) is 105 Å². The Kier molecular flexibility index (Phi) is 30.1. The van der Waals surface area contributed by atoms with Crippen molar-refractivity contribution in [2.24, 2.45) is 0 Å².